The van der Waals surface area contributed by atoms with Crippen molar-refractivity contribution in [1.29, 1.82) is 0 Å². The molecule has 4 N–H and O–H groups in total. The Morgan fingerprint density at radius 1 is 1.50 bits per heavy atom. The molecule has 62 valence electrons. The SMILES string of the molecule is O=C[C@H](O)CO.O=S(O)O. The second-order valence-corrected chi connectivity index (χ2v) is 1.58. The first-order valence-corrected chi connectivity index (χ1v) is 3.15. The third-order valence-corrected chi connectivity index (χ3v) is 0.344. The van der Waals surface area contributed by atoms with Crippen LogP contribution in [0.25, 0.3) is 0 Å². The zero-order valence-corrected chi connectivity index (χ0v) is 5.69. The molecule has 0 amide bonds. The molecule has 0 heterocycles. The van der Waals surface area contributed by atoms with Crippen molar-refractivity contribution in [2.75, 3.05) is 6.61 Å². The van der Waals surface area contributed by atoms with E-state index in [9.17, 15) is 4.79 Å². The van der Waals surface area contributed by atoms with Crippen molar-refractivity contribution >= 4 is 17.6 Å². The summed E-state index contributed by atoms with van der Waals surface area (Å²) in [5, 5.41) is 15.9. The monoisotopic (exact) mass is 172 g/mol. The van der Waals surface area contributed by atoms with Crippen LogP contribution in [0, 0.1) is 0 Å². The second-order valence-electron chi connectivity index (χ2n) is 1.12. The van der Waals surface area contributed by atoms with E-state index >= 15 is 0 Å². The quantitative estimate of drug-likeness (QED) is 0.289. The molecule has 0 aromatic carbocycles. The zero-order valence-electron chi connectivity index (χ0n) is 4.88. The molecule has 0 fully saturated rings. The highest BCUT2D eigenvalue weighted by molar-refractivity contribution is 7.73. The summed E-state index contributed by atoms with van der Waals surface area (Å²) in [6, 6.07) is 0. The van der Waals surface area contributed by atoms with Crippen molar-refractivity contribution in [3.05, 3.63) is 0 Å². The predicted octanol–water partition coefficient (Wildman–Crippen LogP) is -1.78. The maximum Gasteiger partial charge on any atom is 0.299 e. The van der Waals surface area contributed by atoms with E-state index in [4.69, 9.17) is 23.5 Å². The molecule has 0 saturated carbocycles. The number of aliphatic hydroxyl groups is 2. The number of carbonyl (C=O) groups excluding carboxylic acids is 1. The van der Waals surface area contributed by atoms with Gasteiger partial charge in [0.2, 0.25) is 0 Å². The molecule has 0 bridgehead atoms. The molecule has 10 heavy (non-hydrogen) atoms. The lowest BCUT2D eigenvalue weighted by atomic mass is 10.4. The van der Waals surface area contributed by atoms with E-state index in [0.29, 0.717) is 0 Å². The molecule has 0 aromatic rings. The molecule has 0 aliphatic rings. The molecule has 6 nitrogen and oxygen atoms in total. The Bertz CT molecular complexity index is 99.2. The van der Waals surface area contributed by atoms with Gasteiger partial charge in [0.25, 0.3) is 11.4 Å². The molecular weight excluding hydrogens is 164 g/mol. The Morgan fingerprint density at radius 2 is 1.80 bits per heavy atom. The van der Waals surface area contributed by atoms with Gasteiger partial charge in [-0.3, -0.25) is 9.11 Å². The molecule has 0 aliphatic heterocycles. The van der Waals surface area contributed by atoms with Gasteiger partial charge in [-0.1, -0.05) is 0 Å². The second kappa shape index (κ2) is 8.66. The summed E-state index contributed by atoms with van der Waals surface area (Å²) < 4.78 is 22.8. The minimum Gasteiger partial charge on any atom is -0.393 e. The van der Waals surface area contributed by atoms with Crippen LogP contribution in [0.5, 0.6) is 0 Å². The first-order chi connectivity index (χ1) is 4.54. The minimum absolute atomic E-state index is 0.278. The van der Waals surface area contributed by atoms with Crippen molar-refractivity contribution in [3.8, 4) is 0 Å². The lowest BCUT2D eigenvalue weighted by molar-refractivity contribution is -0.116. The van der Waals surface area contributed by atoms with Crippen LogP contribution in [-0.4, -0.2) is 42.5 Å². The smallest absolute Gasteiger partial charge is 0.299 e. The Balaban J connectivity index is 0. The van der Waals surface area contributed by atoms with Crippen LogP contribution in [0.1, 0.15) is 0 Å². The Labute approximate surface area is 59.6 Å². The van der Waals surface area contributed by atoms with Crippen molar-refractivity contribution in [1.82, 2.24) is 0 Å². The van der Waals surface area contributed by atoms with Crippen LogP contribution in [0.15, 0.2) is 0 Å². The van der Waals surface area contributed by atoms with Crippen molar-refractivity contribution < 1.29 is 28.3 Å². The van der Waals surface area contributed by atoms with Gasteiger partial charge < -0.3 is 15.0 Å². The molecule has 0 spiro atoms. The van der Waals surface area contributed by atoms with Crippen molar-refractivity contribution in [3.63, 3.8) is 0 Å². The Kier molecular flexibility index (Phi) is 10.7. The topological polar surface area (TPSA) is 115 Å². The predicted molar refractivity (Wildman–Crippen MR) is 32.6 cm³/mol. The van der Waals surface area contributed by atoms with Crippen LogP contribution in [-0.2, 0) is 16.2 Å². The fourth-order valence-corrected chi connectivity index (χ4v) is 0.0430. The molecule has 0 rings (SSSR count). The summed E-state index contributed by atoms with van der Waals surface area (Å²) in [4.78, 5) is 9.33. The van der Waals surface area contributed by atoms with Crippen LogP contribution in [0.4, 0.5) is 0 Å². The van der Waals surface area contributed by atoms with E-state index in [1.54, 1.807) is 0 Å². The molecule has 0 aliphatic carbocycles. The van der Waals surface area contributed by atoms with Gasteiger partial charge in [0, 0.05) is 0 Å². The van der Waals surface area contributed by atoms with E-state index in [-0.39, 0.29) is 6.29 Å². The number of hydrogen-bond donors (Lipinski definition) is 4. The number of hydrogen-bond acceptors (Lipinski definition) is 4. The van der Waals surface area contributed by atoms with Gasteiger partial charge in [-0.2, -0.15) is 4.21 Å². The van der Waals surface area contributed by atoms with E-state index in [1.165, 1.54) is 0 Å². The summed E-state index contributed by atoms with van der Waals surface area (Å²) in [6.45, 7) is -0.483. The summed E-state index contributed by atoms with van der Waals surface area (Å²) >= 11 is -2.61. The molecule has 0 unspecified atom stereocenters. The number of rotatable bonds is 2. The third kappa shape index (κ3) is 25.4. The van der Waals surface area contributed by atoms with Crippen LogP contribution < -0.4 is 0 Å². The highest BCUT2D eigenvalue weighted by Gasteiger charge is 1.92. The van der Waals surface area contributed by atoms with Gasteiger partial charge in [-0.25, -0.2) is 0 Å². The van der Waals surface area contributed by atoms with Gasteiger partial charge in [0.05, 0.1) is 6.61 Å². The van der Waals surface area contributed by atoms with Crippen molar-refractivity contribution in [2.45, 2.75) is 6.10 Å². The van der Waals surface area contributed by atoms with Crippen LogP contribution >= 0.6 is 0 Å². The zero-order chi connectivity index (χ0) is 8.57. The van der Waals surface area contributed by atoms with E-state index in [2.05, 4.69) is 0 Å². The lowest BCUT2D eigenvalue weighted by Gasteiger charge is -1.89. The molecule has 1 atom stereocenters. The van der Waals surface area contributed by atoms with Gasteiger partial charge in [0.1, 0.15) is 6.10 Å². The largest absolute Gasteiger partial charge is 0.393 e. The van der Waals surface area contributed by atoms with Gasteiger partial charge in [-0.05, 0) is 0 Å². The summed E-state index contributed by atoms with van der Waals surface area (Å²) in [6.07, 6.45) is -0.912. The van der Waals surface area contributed by atoms with E-state index < -0.39 is 24.1 Å². The fourth-order valence-electron chi connectivity index (χ4n) is 0.0430. The Hall–Kier alpha value is -0.340. The fraction of sp³-hybridized carbons (Fsp3) is 0.667. The standard InChI is InChI=1S/C3H6O3.H2O3S/c4-1-3(6)2-5;1-4(2)3/h1,3,5-6H,2H2;(H2,1,2,3)/t3-;/m0./s1. The lowest BCUT2D eigenvalue weighted by Crippen LogP contribution is -2.12. The molecule has 0 aromatic heterocycles. The average Bonchev–Trinajstić information content (AvgIpc) is 1.85. The van der Waals surface area contributed by atoms with Crippen LogP contribution in [0.3, 0.4) is 0 Å². The summed E-state index contributed by atoms with van der Waals surface area (Å²) in [5.74, 6) is 0. The third-order valence-electron chi connectivity index (χ3n) is 0.344. The van der Waals surface area contributed by atoms with Crippen molar-refractivity contribution in [2.24, 2.45) is 0 Å². The maximum absolute atomic E-state index is 9.33. The van der Waals surface area contributed by atoms with E-state index in [1.807, 2.05) is 0 Å². The van der Waals surface area contributed by atoms with Gasteiger partial charge >= 0.3 is 0 Å². The van der Waals surface area contributed by atoms with Gasteiger partial charge in [0.15, 0.2) is 6.29 Å². The number of aldehydes is 1. The first kappa shape index (κ1) is 12.3. The average molecular weight is 172 g/mol. The maximum atomic E-state index is 9.33. The first-order valence-electron chi connectivity index (χ1n) is 2.08. The number of aliphatic hydroxyl groups excluding tert-OH is 2. The highest BCUT2D eigenvalue weighted by atomic mass is 32.2. The molecule has 0 radical (unpaired) electrons. The highest BCUT2D eigenvalue weighted by Crippen LogP contribution is 1.66. The Morgan fingerprint density at radius 3 is 1.80 bits per heavy atom. The molecular formula is C3H8O6S. The van der Waals surface area contributed by atoms with E-state index in [0.717, 1.165) is 0 Å². The summed E-state index contributed by atoms with van der Waals surface area (Å²) in [5.41, 5.74) is 0. The molecule has 7 heteroatoms. The minimum atomic E-state index is -2.61. The summed E-state index contributed by atoms with van der Waals surface area (Å²) in [7, 11) is 0. The molecule has 0 saturated heterocycles. The van der Waals surface area contributed by atoms with Gasteiger partial charge in [-0.15, -0.1) is 0 Å². The number of carbonyl (C=O) groups is 1. The normalized spacial score (nSPS) is 11.7. The van der Waals surface area contributed by atoms with Crippen LogP contribution in [0.2, 0.25) is 0 Å².